The van der Waals surface area contributed by atoms with Gasteiger partial charge in [-0.3, -0.25) is 4.79 Å². The lowest BCUT2D eigenvalue weighted by Gasteiger charge is -2.17. The second kappa shape index (κ2) is 8.38. The number of ether oxygens (including phenoxy) is 1. The van der Waals surface area contributed by atoms with Crippen LogP contribution in [0.1, 0.15) is 30.9 Å². The second-order valence-corrected chi connectivity index (χ2v) is 5.48. The van der Waals surface area contributed by atoms with Crippen LogP contribution in [0.25, 0.3) is 0 Å². The summed E-state index contributed by atoms with van der Waals surface area (Å²) in [6, 6.07) is 5.99. The molecule has 7 nitrogen and oxygen atoms in total. The molecule has 23 heavy (non-hydrogen) atoms. The van der Waals surface area contributed by atoms with Gasteiger partial charge in [0.05, 0.1) is 13.2 Å². The van der Waals surface area contributed by atoms with Crippen molar-refractivity contribution < 1.29 is 19.4 Å². The lowest BCUT2D eigenvalue weighted by molar-refractivity contribution is -0.122. The minimum Gasteiger partial charge on any atom is -0.497 e. The fraction of sp³-hybridized carbons (Fsp3) is 0.500. The van der Waals surface area contributed by atoms with Crippen LogP contribution in [0.15, 0.2) is 24.3 Å². The van der Waals surface area contributed by atoms with Gasteiger partial charge in [-0.25, -0.2) is 4.79 Å². The van der Waals surface area contributed by atoms with Crippen LogP contribution < -0.4 is 20.7 Å². The number of hydrogen-bond acceptors (Lipinski definition) is 4. The molecule has 126 valence electrons. The van der Waals surface area contributed by atoms with E-state index < -0.39 is 18.2 Å². The maximum absolute atomic E-state index is 11.9. The zero-order chi connectivity index (χ0) is 16.7. The molecule has 4 N–H and O–H groups in total. The van der Waals surface area contributed by atoms with Crippen molar-refractivity contribution >= 4 is 11.9 Å². The number of rotatable bonds is 5. The zero-order valence-electron chi connectivity index (χ0n) is 13.2. The van der Waals surface area contributed by atoms with E-state index in [0.29, 0.717) is 24.3 Å². The Balaban J connectivity index is 1.79. The molecule has 2 atom stereocenters. The summed E-state index contributed by atoms with van der Waals surface area (Å²) in [6.07, 6.45) is 1.61. The maximum atomic E-state index is 11.9. The van der Waals surface area contributed by atoms with Gasteiger partial charge in [0.25, 0.3) is 0 Å². The Kier molecular flexibility index (Phi) is 6.22. The largest absolute Gasteiger partial charge is 0.497 e. The summed E-state index contributed by atoms with van der Waals surface area (Å²) in [5, 5.41) is 18.1. The van der Waals surface area contributed by atoms with Crippen LogP contribution in [0, 0.1) is 0 Å². The molecule has 1 aliphatic rings. The van der Waals surface area contributed by atoms with E-state index in [0.717, 1.165) is 12.8 Å². The van der Waals surface area contributed by atoms with Gasteiger partial charge >= 0.3 is 6.03 Å². The van der Waals surface area contributed by atoms with Gasteiger partial charge in [-0.05, 0) is 37.0 Å². The molecule has 0 radical (unpaired) electrons. The lowest BCUT2D eigenvalue weighted by Crippen LogP contribution is -2.49. The Labute approximate surface area is 135 Å². The van der Waals surface area contributed by atoms with Gasteiger partial charge in [0.2, 0.25) is 5.91 Å². The van der Waals surface area contributed by atoms with Crippen LogP contribution in [-0.4, -0.2) is 43.3 Å². The van der Waals surface area contributed by atoms with Gasteiger partial charge in [0.1, 0.15) is 11.8 Å². The van der Waals surface area contributed by atoms with E-state index in [1.54, 1.807) is 31.4 Å². The summed E-state index contributed by atoms with van der Waals surface area (Å²) in [5.41, 5.74) is 0.679. The molecule has 0 aromatic heterocycles. The third-order valence-corrected chi connectivity index (χ3v) is 3.80. The number of carbonyl (C=O) groups excluding carboxylic acids is 2. The molecule has 2 unspecified atom stereocenters. The van der Waals surface area contributed by atoms with E-state index in [4.69, 9.17) is 4.74 Å². The fourth-order valence-electron chi connectivity index (χ4n) is 2.42. The van der Waals surface area contributed by atoms with Crippen molar-refractivity contribution in [2.24, 2.45) is 0 Å². The number of aliphatic hydroxyl groups is 1. The molecule has 0 spiro atoms. The van der Waals surface area contributed by atoms with E-state index in [-0.39, 0.29) is 12.5 Å². The number of methoxy groups -OCH3 is 1. The summed E-state index contributed by atoms with van der Waals surface area (Å²) in [7, 11) is 1.57. The minimum absolute atomic E-state index is 0.0620. The van der Waals surface area contributed by atoms with Crippen LogP contribution in [0.3, 0.4) is 0 Å². The second-order valence-electron chi connectivity index (χ2n) is 5.48. The van der Waals surface area contributed by atoms with Gasteiger partial charge < -0.3 is 25.8 Å². The van der Waals surface area contributed by atoms with E-state index in [1.165, 1.54) is 0 Å². The third-order valence-electron chi connectivity index (χ3n) is 3.80. The van der Waals surface area contributed by atoms with Gasteiger partial charge in [-0.15, -0.1) is 0 Å². The highest BCUT2D eigenvalue weighted by atomic mass is 16.5. The normalized spacial score (nSPS) is 19.2. The Morgan fingerprint density at radius 1 is 1.39 bits per heavy atom. The Hall–Kier alpha value is -2.28. The Morgan fingerprint density at radius 3 is 2.83 bits per heavy atom. The first-order valence-electron chi connectivity index (χ1n) is 7.74. The summed E-state index contributed by atoms with van der Waals surface area (Å²) < 4.78 is 5.05. The molecule has 3 amide bonds. The van der Waals surface area contributed by atoms with Gasteiger partial charge in [0, 0.05) is 13.1 Å². The molecule has 0 bridgehead atoms. The molecule has 1 saturated heterocycles. The predicted molar refractivity (Wildman–Crippen MR) is 85.1 cm³/mol. The molecule has 1 fully saturated rings. The summed E-state index contributed by atoms with van der Waals surface area (Å²) in [5.74, 6) is 0.541. The van der Waals surface area contributed by atoms with Crippen LogP contribution >= 0.6 is 0 Å². The Bertz CT molecular complexity index is 533. The monoisotopic (exact) mass is 321 g/mol. The molecule has 7 heteroatoms. The number of carbonyl (C=O) groups is 2. The topological polar surface area (TPSA) is 99.7 Å². The molecule has 1 aliphatic heterocycles. The lowest BCUT2D eigenvalue weighted by atomic mass is 10.1. The van der Waals surface area contributed by atoms with Crippen molar-refractivity contribution in [1.29, 1.82) is 0 Å². The van der Waals surface area contributed by atoms with Crippen molar-refractivity contribution in [3.63, 3.8) is 0 Å². The van der Waals surface area contributed by atoms with E-state index >= 15 is 0 Å². The first-order chi connectivity index (χ1) is 11.1. The minimum atomic E-state index is -0.824. The first-order valence-corrected chi connectivity index (χ1v) is 7.74. The Morgan fingerprint density at radius 2 is 2.13 bits per heavy atom. The van der Waals surface area contributed by atoms with Crippen molar-refractivity contribution in [2.75, 3.05) is 20.2 Å². The smallest absolute Gasteiger partial charge is 0.315 e. The number of nitrogens with one attached hydrogen (secondary N) is 3. The van der Waals surface area contributed by atoms with Crippen LogP contribution in [-0.2, 0) is 4.79 Å². The highest BCUT2D eigenvalue weighted by molar-refractivity contribution is 5.87. The van der Waals surface area contributed by atoms with Crippen LogP contribution in [0.2, 0.25) is 0 Å². The highest BCUT2D eigenvalue weighted by Crippen LogP contribution is 2.16. The number of amides is 3. The predicted octanol–water partition coefficient (Wildman–Crippen LogP) is 0.696. The van der Waals surface area contributed by atoms with E-state index in [2.05, 4.69) is 16.0 Å². The van der Waals surface area contributed by atoms with Crippen molar-refractivity contribution in [3.05, 3.63) is 29.8 Å². The quantitative estimate of drug-likeness (QED) is 0.641. The van der Waals surface area contributed by atoms with E-state index in [9.17, 15) is 14.7 Å². The molecule has 0 aliphatic carbocycles. The van der Waals surface area contributed by atoms with Crippen LogP contribution in [0.5, 0.6) is 5.75 Å². The number of aliphatic hydroxyl groups excluding tert-OH is 1. The molecule has 1 aromatic carbocycles. The van der Waals surface area contributed by atoms with E-state index in [1.807, 2.05) is 0 Å². The molecular formula is C16H23N3O4. The number of benzene rings is 1. The van der Waals surface area contributed by atoms with Crippen molar-refractivity contribution in [1.82, 2.24) is 16.0 Å². The van der Waals surface area contributed by atoms with Crippen molar-refractivity contribution in [3.8, 4) is 5.75 Å². The number of hydrogen-bond donors (Lipinski definition) is 4. The average molecular weight is 321 g/mol. The summed E-state index contributed by atoms with van der Waals surface area (Å²) in [4.78, 5) is 23.6. The molecular weight excluding hydrogens is 298 g/mol. The molecule has 1 heterocycles. The van der Waals surface area contributed by atoms with Gasteiger partial charge in [-0.2, -0.15) is 0 Å². The molecule has 0 saturated carbocycles. The summed E-state index contributed by atoms with van der Waals surface area (Å²) in [6.45, 7) is 0.710. The maximum Gasteiger partial charge on any atom is 0.315 e. The van der Waals surface area contributed by atoms with Gasteiger partial charge in [-0.1, -0.05) is 12.1 Å². The van der Waals surface area contributed by atoms with Crippen molar-refractivity contribution in [2.45, 2.75) is 31.4 Å². The fourth-order valence-corrected chi connectivity index (χ4v) is 2.42. The molecule has 1 aromatic rings. The van der Waals surface area contributed by atoms with Crippen LogP contribution in [0.4, 0.5) is 4.79 Å². The average Bonchev–Trinajstić information content (AvgIpc) is 2.77. The third kappa shape index (κ3) is 5.14. The summed E-state index contributed by atoms with van der Waals surface area (Å²) >= 11 is 0. The number of urea groups is 1. The first kappa shape index (κ1) is 17.1. The highest BCUT2D eigenvalue weighted by Gasteiger charge is 2.22. The SMILES string of the molecule is COc1ccc(C(O)CNC(=O)NC2CCCCNC2=O)cc1. The molecule has 2 rings (SSSR count). The zero-order valence-corrected chi connectivity index (χ0v) is 13.2. The standard InChI is InChI=1S/C16H23N3O4/c1-23-12-7-5-11(6-8-12)14(20)10-18-16(22)19-13-4-2-3-9-17-15(13)21/h5-8,13-14,20H,2-4,9-10H2,1H3,(H,17,21)(H2,18,19,22). The van der Waals surface area contributed by atoms with Gasteiger partial charge in [0.15, 0.2) is 0 Å².